The highest BCUT2D eigenvalue weighted by Gasteiger charge is 2.47. The molecule has 1 aliphatic heterocycles. The number of halogens is 3. The van der Waals surface area contributed by atoms with Crippen LogP contribution in [0.4, 0.5) is 18.9 Å². The average molecular weight is 479 g/mol. The van der Waals surface area contributed by atoms with Gasteiger partial charge < -0.3 is 14.7 Å². The van der Waals surface area contributed by atoms with Gasteiger partial charge in [-0.1, -0.05) is 0 Å². The Bertz CT molecular complexity index is 943. The second-order valence-corrected chi connectivity index (χ2v) is 10.8. The van der Waals surface area contributed by atoms with Crippen LogP contribution in [0.5, 0.6) is 0 Å². The van der Waals surface area contributed by atoms with E-state index in [0.29, 0.717) is 37.9 Å². The maximum Gasteiger partial charge on any atom is 0.417 e. The van der Waals surface area contributed by atoms with Crippen molar-refractivity contribution in [3.8, 4) is 0 Å². The van der Waals surface area contributed by atoms with Gasteiger partial charge in [0, 0.05) is 45.0 Å². The molecule has 11 heteroatoms. The quantitative estimate of drug-likeness (QED) is 0.673. The summed E-state index contributed by atoms with van der Waals surface area (Å²) in [6.45, 7) is 6.61. The lowest BCUT2D eigenvalue weighted by Crippen LogP contribution is -2.49. The number of hydrogen-bond donors (Lipinski definition) is 1. The van der Waals surface area contributed by atoms with Crippen LogP contribution in [0.2, 0.25) is 0 Å². The molecule has 0 spiro atoms. The van der Waals surface area contributed by atoms with E-state index in [1.54, 1.807) is 0 Å². The van der Waals surface area contributed by atoms with Gasteiger partial charge in [0.05, 0.1) is 27.7 Å². The molecule has 7 nitrogen and oxygen atoms in total. The maximum atomic E-state index is 13.9. The van der Waals surface area contributed by atoms with Crippen LogP contribution in [-0.2, 0) is 25.5 Å². The molecule has 32 heavy (non-hydrogen) atoms. The van der Waals surface area contributed by atoms with Gasteiger partial charge in [-0.2, -0.15) is 13.2 Å². The van der Waals surface area contributed by atoms with Gasteiger partial charge in [-0.3, -0.25) is 9.69 Å². The number of hydrogen-bond acceptors (Lipinski definition) is 6. The molecule has 2 fully saturated rings. The van der Waals surface area contributed by atoms with Crippen molar-refractivity contribution in [1.82, 2.24) is 4.90 Å². The first-order valence-corrected chi connectivity index (χ1v) is 12.1. The lowest BCUT2D eigenvalue weighted by Gasteiger charge is -2.38. The standard InChI is InChI=1S/C21H29F3N2O5S/c1-13(2)25-6-8-26(9-7-25)14-4-5-19(17(10-14)21(22,23)24)32(29,30)15-11-16(20(27)28)18(12-15)31-3/h4-5,10,13,15-16,18H,6-9,11-12H2,1-3H3,(H,27,28)/t15-,16-,18-/m0/s1. The molecule has 2 aliphatic rings. The monoisotopic (exact) mass is 478 g/mol. The van der Waals surface area contributed by atoms with Crippen LogP contribution in [0.25, 0.3) is 0 Å². The van der Waals surface area contributed by atoms with Crippen LogP contribution in [0, 0.1) is 5.92 Å². The molecule has 0 bridgehead atoms. The van der Waals surface area contributed by atoms with E-state index in [4.69, 9.17) is 4.74 Å². The number of nitrogens with zero attached hydrogens (tertiary/aromatic N) is 2. The van der Waals surface area contributed by atoms with Crippen LogP contribution in [0.3, 0.4) is 0 Å². The summed E-state index contributed by atoms with van der Waals surface area (Å²) in [5.41, 5.74) is -0.890. The first kappa shape index (κ1) is 24.8. The molecule has 1 aromatic rings. The largest absolute Gasteiger partial charge is 0.481 e. The van der Waals surface area contributed by atoms with Gasteiger partial charge in [0.25, 0.3) is 0 Å². The van der Waals surface area contributed by atoms with Crippen LogP contribution in [-0.4, -0.2) is 75.1 Å². The number of carboxylic acids is 1. The smallest absolute Gasteiger partial charge is 0.417 e. The predicted octanol–water partition coefficient (Wildman–Crippen LogP) is 2.89. The van der Waals surface area contributed by atoms with Gasteiger partial charge in [-0.05, 0) is 44.9 Å². The number of ether oxygens (including phenoxy) is 1. The highest BCUT2D eigenvalue weighted by atomic mass is 32.2. The van der Waals surface area contributed by atoms with Gasteiger partial charge in [0.1, 0.15) is 0 Å². The van der Waals surface area contributed by atoms with Gasteiger partial charge >= 0.3 is 12.1 Å². The Hall–Kier alpha value is -1.85. The second kappa shape index (κ2) is 9.18. The Morgan fingerprint density at radius 2 is 1.78 bits per heavy atom. The Kier molecular flexibility index (Phi) is 7.11. The summed E-state index contributed by atoms with van der Waals surface area (Å²) in [4.78, 5) is 14.7. The van der Waals surface area contributed by atoms with Crippen molar-refractivity contribution in [2.45, 2.75) is 55.2 Å². The van der Waals surface area contributed by atoms with E-state index in [1.165, 1.54) is 13.2 Å². The fraction of sp³-hybridized carbons (Fsp3) is 0.667. The molecule has 1 saturated carbocycles. The minimum absolute atomic E-state index is 0.161. The SMILES string of the molecule is CO[C@H]1C[C@@H](S(=O)(=O)c2ccc(N3CCN(C(C)C)CC3)cc2C(F)(F)F)C[C@@H]1C(=O)O. The molecule has 1 N–H and O–H groups in total. The Balaban J connectivity index is 1.92. The normalized spacial score (nSPS) is 25.5. The van der Waals surface area contributed by atoms with Crippen LogP contribution >= 0.6 is 0 Å². The molecule has 1 saturated heterocycles. The van der Waals surface area contributed by atoms with Crippen LogP contribution < -0.4 is 4.90 Å². The highest BCUT2D eigenvalue weighted by Crippen LogP contribution is 2.42. The van der Waals surface area contributed by atoms with Crippen molar-refractivity contribution in [2.75, 3.05) is 38.2 Å². The zero-order valence-corrected chi connectivity index (χ0v) is 19.1. The van der Waals surface area contributed by atoms with E-state index in [0.717, 1.165) is 12.1 Å². The minimum atomic E-state index is -4.87. The fourth-order valence-electron chi connectivity index (χ4n) is 4.59. The lowest BCUT2D eigenvalue weighted by atomic mass is 10.1. The van der Waals surface area contributed by atoms with Crippen molar-refractivity contribution < 1.29 is 36.2 Å². The summed E-state index contributed by atoms with van der Waals surface area (Å²) < 4.78 is 73.2. The maximum absolute atomic E-state index is 13.9. The number of sulfone groups is 1. The lowest BCUT2D eigenvalue weighted by molar-refractivity contribution is -0.145. The number of benzene rings is 1. The Morgan fingerprint density at radius 1 is 1.16 bits per heavy atom. The van der Waals surface area contributed by atoms with Crippen molar-refractivity contribution >= 4 is 21.5 Å². The van der Waals surface area contributed by atoms with E-state index in [9.17, 15) is 31.5 Å². The molecular weight excluding hydrogens is 449 g/mol. The van der Waals surface area contributed by atoms with Crippen molar-refractivity contribution in [3.05, 3.63) is 23.8 Å². The van der Waals surface area contributed by atoms with E-state index in [-0.39, 0.29) is 12.8 Å². The second-order valence-electron chi connectivity index (χ2n) is 8.65. The van der Waals surface area contributed by atoms with Gasteiger partial charge in [-0.25, -0.2) is 8.42 Å². The summed E-state index contributed by atoms with van der Waals surface area (Å²) in [5, 5.41) is 8.07. The number of anilines is 1. The van der Waals surface area contributed by atoms with Gasteiger partial charge in [0.2, 0.25) is 0 Å². The summed E-state index contributed by atoms with van der Waals surface area (Å²) in [5.74, 6) is -2.30. The highest BCUT2D eigenvalue weighted by molar-refractivity contribution is 7.92. The zero-order valence-electron chi connectivity index (χ0n) is 18.3. The first-order valence-electron chi connectivity index (χ1n) is 10.6. The van der Waals surface area contributed by atoms with Gasteiger partial charge in [-0.15, -0.1) is 0 Å². The molecule has 0 amide bonds. The molecule has 1 aliphatic carbocycles. The molecule has 180 valence electrons. The molecule has 1 heterocycles. The summed E-state index contributed by atoms with van der Waals surface area (Å²) in [6.07, 6.45) is -6.18. The first-order chi connectivity index (χ1) is 14.9. The van der Waals surface area contributed by atoms with E-state index < -0.39 is 49.7 Å². The van der Waals surface area contributed by atoms with Crippen molar-refractivity contribution in [2.24, 2.45) is 5.92 Å². The fourth-order valence-corrected chi connectivity index (χ4v) is 6.59. The van der Waals surface area contributed by atoms with E-state index >= 15 is 0 Å². The number of methoxy groups -OCH3 is 1. The topological polar surface area (TPSA) is 87.2 Å². The number of carboxylic acid groups (broad SMARTS) is 1. The number of alkyl halides is 3. The third-order valence-corrected chi connectivity index (χ3v) is 8.74. The van der Waals surface area contributed by atoms with Crippen LogP contribution in [0.1, 0.15) is 32.3 Å². The van der Waals surface area contributed by atoms with Gasteiger partial charge in [0.15, 0.2) is 9.84 Å². The predicted molar refractivity (Wildman–Crippen MR) is 112 cm³/mol. The molecular formula is C21H29F3N2O5S. The molecule has 1 aromatic carbocycles. The number of aliphatic carboxylic acids is 1. The Morgan fingerprint density at radius 3 is 2.25 bits per heavy atom. The third kappa shape index (κ3) is 4.89. The van der Waals surface area contributed by atoms with Crippen molar-refractivity contribution in [3.63, 3.8) is 0 Å². The molecule has 0 radical (unpaired) electrons. The molecule has 0 unspecified atom stereocenters. The van der Waals surface area contributed by atoms with Crippen molar-refractivity contribution in [1.29, 1.82) is 0 Å². The van der Waals surface area contributed by atoms with E-state index in [2.05, 4.69) is 18.7 Å². The summed E-state index contributed by atoms with van der Waals surface area (Å²) in [6, 6.07) is 3.66. The molecule has 3 rings (SSSR count). The number of piperazine rings is 1. The molecule has 3 atom stereocenters. The van der Waals surface area contributed by atoms with Crippen LogP contribution in [0.15, 0.2) is 23.1 Å². The minimum Gasteiger partial charge on any atom is -0.481 e. The number of carbonyl (C=O) groups is 1. The summed E-state index contributed by atoms with van der Waals surface area (Å²) in [7, 11) is -3.15. The number of rotatable bonds is 6. The zero-order chi connectivity index (χ0) is 23.8. The molecule has 0 aromatic heterocycles. The average Bonchev–Trinajstić information content (AvgIpc) is 3.18. The third-order valence-electron chi connectivity index (χ3n) is 6.50. The van der Waals surface area contributed by atoms with E-state index in [1.807, 2.05) is 4.90 Å². The Labute approximate surface area is 186 Å². The summed E-state index contributed by atoms with van der Waals surface area (Å²) >= 11 is 0.